The van der Waals surface area contributed by atoms with Crippen LogP contribution in [0.25, 0.3) is 5.52 Å². The number of hydrogen-bond donors (Lipinski definition) is 1. The molecule has 3 aromatic rings. The third-order valence-electron chi connectivity index (χ3n) is 6.28. The van der Waals surface area contributed by atoms with E-state index in [-0.39, 0.29) is 22.9 Å². The topological polar surface area (TPSA) is 141 Å². The van der Waals surface area contributed by atoms with Gasteiger partial charge in [-0.25, -0.2) is 4.52 Å². The molecule has 0 saturated carbocycles. The van der Waals surface area contributed by atoms with E-state index in [1.54, 1.807) is 31.0 Å². The summed E-state index contributed by atoms with van der Waals surface area (Å²) in [7, 11) is 0. The van der Waals surface area contributed by atoms with Crippen LogP contribution < -0.4 is 10.6 Å². The van der Waals surface area contributed by atoms with Crippen LogP contribution in [0.4, 0.5) is 13.2 Å². The average molecular weight is 524 g/mol. The van der Waals surface area contributed by atoms with Gasteiger partial charge in [-0.3, -0.25) is 9.98 Å². The molecule has 0 aromatic carbocycles. The Morgan fingerprint density at radius 1 is 1.21 bits per heavy atom. The molecule has 3 aromatic heterocycles. The van der Waals surface area contributed by atoms with Crippen LogP contribution in [0.2, 0.25) is 0 Å². The fourth-order valence-corrected chi connectivity index (χ4v) is 4.29. The highest BCUT2D eigenvalue weighted by atomic mass is 19.4. The van der Waals surface area contributed by atoms with Gasteiger partial charge in [0, 0.05) is 42.8 Å². The molecule has 0 radical (unpaired) electrons. The molecule has 13 heteroatoms. The first-order chi connectivity index (χ1) is 18.1. The second-order valence-corrected chi connectivity index (χ2v) is 8.83. The van der Waals surface area contributed by atoms with Crippen LogP contribution in [-0.4, -0.2) is 50.1 Å². The number of nitrogens with zero attached hydrogens (tertiary/aromatic N) is 8. The highest BCUT2D eigenvalue weighted by molar-refractivity contribution is 6.47. The average Bonchev–Trinajstić information content (AvgIpc) is 3.32. The van der Waals surface area contributed by atoms with Crippen molar-refractivity contribution in [2.75, 3.05) is 13.1 Å². The molecule has 0 spiro atoms. The number of alkyl halides is 3. The molecule has 4 rings (SSSR count). The lowest BCUT2D eigenvalue weighted by Gasteiger charge is -2.26. The van der Waals surface area contributed by atoms with Gasteiger partial charge in [-0.2, -0.15) is 33.9 Å². The SMILES string of the molecule is CC(=NC1CCN(C#N)CC1)/C(=N\N)c1cc(OC(C)c2cncc(C(F)(F)F)c2)c2c(C#N)cnn2c1. The summed E-state index contributed by atoms with van der Waals surface area (Å²) in [6.07, 6.45) is 3.20. The minimum Gasteiger partial charge on any atom is -0.484 e. The van der Waals surface area contributed by atoms with Crippen molar-refractivity contribution in [1.82, 2.24) is 19.5 Å². The molecule has 1 atom stereocenters. The Kier molecular flexibility index (Phi) is 7.48. The van der Waals surface area contributed by atoms with Crippen molar-refractivity contribution in [3.05, 3.63) is 59.2 Å². The number of aromatic nitrogens is 3. The standard InChI is InChI=1S/C25H24F3N9O/c1-15(34-21-3-5-36(14-30)6-4-21)23(35-31)18-8-22(24-19(9-29)11-33-37(24)13-18)38-16(2)17-7-20(12-32-10-17)25(26,27)28/h7-8,10-13,16,21H,3-6,31H2,1-2H3/b34-15?,35-23+. The second-order valence-electron chi connectivity index (χ2n) is 8.83. The maximum absolute atomic E-state index is 13.2. The number of nitrogens with two attached hydrogens (primary N) is 1. The molecule has 10 nitrogen and oxygen atoms in total. The molecule has 1 fully saturated rings. The number of aliphatic imine (C=N–C) groups is 1. The fraction of sp³-hybridized carbons (Fsp3) is 0.360. The molecule has 0 amide bonds. The van der Waals surface area contributed by atoms with Crippen molar-refractivity contribution in [1.29, 1.82) is 10.5 Å². The Labute approximate surface area is 216 Å². The van der Waals surface area contributed by atoms with Gasteiger partial charge >= 0.3 is 6.18 Å². The molecular formula is C25H24F3N9O. The summed E-state index contributed by atoms with van der Waals surface area (Å²) < 4.78 is 47.1. The van der Waals surface area contributed by atoms with Gasteiger partial charge in [0.2, 0.25) is 0 Å². The summed E-state index contributed by atoms with van der Waals surface area (Å²) in [4.78, 5) is 10.1. The van der Waals surface area contributed by atoms with E-state index < -0.39 is 17.8 Å². The van der Waals surface area contributed by atoms with Gasteiger partial charge in [0.05, 0.1) is 23.5 Å². The maximum Gasteiger partial charge on any atom is 0.417 e. The monoisotopic (exact) mass is 523 g/mol. The van der Waals surface area contributed by atoms with E-state index in [0.29, 0.717) is 48.4 Å². The lowest BCUT2D eigenvalue weighted by molar-refractivity contribution is -0.137. The van der Waals surface area contributed by atoms with E-state index in [1.165, 1.54) is 16.9 Å². The molecule has 1 saturated heterocycles. The zero-order valence-corrected chi connectivity index (χ0v) is 20.6. The van der Waals surface area contributed by atoms with Gasteiger partial charge < -0.3 is 15.5 Å². The number of halogens is 3. The van der Waals surface area contributed by atoms with Gasteiger partial charge in [-0.15, -0.1) is 0 Å². The largest absolute Gasteiger partial charge is 0.484 e. The van der Waals surface area contributed by atoms with Gasteiger partial charge in [-0.1, -0.05) is 0 Å². The van der Waals surface area contributed by atoms with E-state index in [9.17, 15) is 18.4 Å². The minimum absolute atomic E-state index is 0.000808. The number of likely N-dealkylation sites (tertiary alicyclic amines) is 1. The number of ether oxygens (including phenoxy) is 1. The molecule has 1 aliphatic rings. The van der Waals surface area contributed by atoms with Gasteiger partial charge in [0.25, 0.3) is 0 Å². The first-order valence-electron chi connectivity index (χ1n) is 11.7. The number of hydrazone groups is 1. The van der Waals surface area contributed by atoms with Crippen molar-refractivity contribution in [2.45, 2.75) is 45.0 Å². The minimum atomic E-state index is -4.55. The Morgan fingerprint density at radius 3 is 2.58 bits per heavy atom. The van der Waals surface area contributed by atoms with E-state index in [1.807, 2.05) is 0 Å². The number of fused-ring (bicyclic) bond motifs is 1. The van der Waals surface area contributed by atoms with Crippen molar-refractivity contribution >= 4 is 16.9 Å². The first-order valence-corrected chi connectivity index (χ1v) is 11.7. The highest BCUT2D eigenvalue weighted by Gasteiger charge is 2.31. The van der Waals surface area contributed by atoms with Crippen LogP contribution >= 0.6 is 0 Å². The molecule has 1 unspecified atom stereocenters. The summed E-state index contributed by atoms with van der Waals surface area (Å²) in [5, 5.41) is 26.8. The number of nitriles is 2. The molecule has 2 N–H and O–H groups in total. The third-order valence-corrected chi connectivity index (χ3v) is 6.28. The van der Waals surface area contributed by atoms with Crippen molar-refractivity contribution in [3.8, 4) is 18.0 Å². The number of piperidine rings is 1. The Balaban J connectivity index is 1.69. The van der Waals surface area contributed by atoms with Crippen molar-refractivity contribution in [3.63, 3.8) is 0 Å². The van der Waals surface area contributed by atoms with Crippen LogP contribution in [0, 0.1) is 22.8 Å². The lowest BCUT2D eigenvalue weighted by atomic mass is 10.0. The Hall–Kier alpha value is -4.65. The molecule has 196 valence electrons. The molecular weight excluding hydrogens is 499 g/mol. The fourth-order valence-electron chi connectivity index (χ4n) is 4.29. The Bertz CT molecular complexity index is 1470. The predicted octanol–water partition coefficient (Wildman–Crippen LogP) is 3.83. The third kappa shape index (κ3) is 5.52. The summed E-state index contributed by atoms with van der Waals surface area (Å²) in [6, 6.07) is 4.63. The van der Waals surface area contributed by atoms with Crippen LogP contribution in [0.5, 0.6) is 5.75 Å². The van der Waals surface area contributed by atoms with E-state index in [0.717, 1.165) is 12.3 Å². The predicted molar refractivity (Wildman–Crippen MR) is 132 cm³/mol. The molecule has 4 heterocycles. The van der Waals surface area contributed by atoms with E-state index in [2.05, 4.69) is 27.4 Å². The van der Waals surface area contributed by atoms with Gasteiger partial charge in [-0.05, 0) is 38.8 Å². The molecule has 38 heavy (non-hydrogen) atoms. The quantitative estimate of drug-likeness (QED) is 0.224. The normalized spacial score (nSPS) is 16.2. The Morgan fingerprint density at radius 2 is 1.95 bits per heavy atom. The van der Waals surface area contributed by atoms with Crippen LogP contribution in [-0.2, 0) is 6.18 Å². The zero-order chi connectivity index (χ0) is 27.4. The first kappa shape index (κ1) is 26.4. The van der Waals surface area contributed by atoms with Crippen LogP contribution in [0.1, 0.15) is 55.0 Å². The van der Waals surface area contributed by atoms with Gasteiger partial charge in [0.1, 0.15) is 34.7 Å². The smallest absolute Gasteiger partial charge is 0.417 e. The maximum atomic E-state index is 13.2. The van der Waals surface area contributed by atoms with Crippen LogP contribution in [0.15, 0.2) is 47.0 Å². The summed E-state index contributed by atoms with van der Waals surface area (Å²) >= 11 is 0. The zero-order valence-electron chi connectivity index (χ0n) is 20.6. The second kappa shape index (κ2) is 10.8. The molecule has 0 aliphatic carbocycles. The van der Waals surface area contributed by atoms with Crippen molar-refractivity contribution in [2.24, 2.45) is 15.9 Å². The van der Waals surface area contributed by atoms with Crippen LogP contribution in [0.3, 0.4) is 0 Å². The summed E-state index contributed by atoms with van der Waals surface area (Å²) in [6.45, 7) is 4.59. The lowest BCUT2D eigenvalue weighted by Crippen LogP contribution is -2.32. The highest BCUT2D eigenvalue weighted by Crippen LogP contribution is 2.33. The summed E-state index contributed by atoms with van der Waals surface area (Å²) in [5.74, 6) is 5.95. The van der Waals surface area contributed by atoms with E-state index in [4.69, 9.17) is 20.8 Å². The number of hydrogen-bond acceptors (Lipinski definition) is 9. The van der Waals surface area contributed by atoms with E-state index >= 15 is 0 Å². The van der Waals surface area contributed by atoms with Gasteiger partial charge in [0.15, 0.2) is 6.19 Å². The number of pyridine rings is 2. The molecule has 1 aliphatic heterocycles. The van der Waals surface area contributed by atoms with Crippen molar-refractivity contribution < 1.29 is 17.9 Å². The number of rotatable bonds is 6. The molecule has 0 bridgehead atoms. The summed E-state index contributed by atoms with van der Waals surface area (Å²) in [5.41, 5.74) is 1.30.